The first-order valence-corrected chi connectivity index (χ1v) is 7.60. The van der Waals surface area contributed by atoms with Gasteiger partial charge in [-0.2, -0.15) is 0 Å². The maximum absolute atomic E-state index is 12.4. The Bertz CT molecular complexity index is 482. The fraction of sp³-hybridized carbons (Fsp3) is 0.588. The number of aromatic hydroxyl groups is 1. The molecule has 1 aromatic carbocycles. The zero-order valence-electron chi connectivity index (χ0n) is 12.6. The van der Waals surface area contributed by atoms with Gasteiger partial charge in [0.25, 0.3) is 5.91 Å². The number of rotatable bonds is 3. The van der Waals surface area contributed by atoms with E-state index in [0.29, 0.717) is 23.0 Å². The molecule has 0 radical (unpaired) electrons. The van der Waals surface area contributed by atoms with E-state index >= 15 is 0 Å². The molecule has 2 atom stereocenters. The molecule has 1 amide bonds. The van der Waals surface area contributed by atoms with Crippen LogP contribution in [0.4, 0.5) is 0 Å². The average Bonchev–Trinajstić information content (AvgIpc) is 2.42. The number of phenols is 1. The Morgan fingerprint density at radius 3 is 2.70 bits per heavy atom. The standard InChI is InChI=1S/C17H25NO2/c1-11(2)13-7-4-5-9-15(13)18-17(20)14-8-6-10-16(19)12(14)3/h6,8,10-11,13,15,19H,4-5,7,9H2,1-3H3,(H,18,20). The molecule has 20 heavy (non-hydrogen) atoms. The summed E-state index contributed by atoms with van der Waals surface area (Å²) >= 11 is 0. The van der Waals surface area contributed by atoms with Gasteiger partial charge in [0.05, 0.1) is 0 Å². The molecule has 1 saturated carbocycles. The lowest BCUT2D eigenvalue weighted by atomic mass is 9.77. The third-order valence-electron chi connectivity index (χ3n) is 4.54. The summed E-state index contributed by atoms with van der Waals surface area (Å²) in [5, 5.41) is 12.9. The molecule has 0 bridgehead atoms. The summed E-state index contributed by atoms with van der Waals surface area (Å²) in [6, 6.07) is 5.37. The minimum Gasteiger partial charge on any atom is -0.508 e. The molecule has 2 N–H and O–H groups in total. The van der Waals surface area contributed by atoms with E-state index in [2.05, 4.69) is 19.2 Å². The van der Waals surface area contributed by atoms with Gasteiger partial charge < -0.3 is 10.4 Å². The number of hydrogen-bond donors (Lipinski definition) is 2. The molecule has 110 valence electrons. The molecule has 1 aliphatic rings. The van der Waals surface area contributed by atoms with Crippen LogP contribution < -0.4 is 5.32 Å². The topological polar surface area (TPSA) is 49.3 Å². The quantitative estimate of drug-likeness (QED) is 0.884. The fourth-order valence-electron chi connectivity index (χ4n) is 3.25. The zero-order valence-corrected chi connectivity index (χ0v) is 12.6. The van der Waals surface area contributed by atoms with Gasteiger partial charge in [0.15, 0.2) is 0 Å². The van der Waals surface area contributed by atoms with Crippen LogP contribution in [0.5, 0.6) is 5.75 Å². The molecule has 2 unspecified atom stereocenters. The molecular formula is C17H25NO2. The van der Waals surface area contributed by atoms with Crippen molar-refractivity contribution in [2.24, 2.45) is 11.8 Å². The summed E-state index contributed by atoms with van der Waals surface area (Å²) in [4.78, 5) is 12.4. The summed E-state index contributed by atoms with van der Waals surface area (Å²) in [6.07, 6.45) is 4.71. The molecule has 1 fully saturated rings. The number of amides is 1. The van der Waals surface area contributed by atoms with Gasteiger partial charge in [0.1, 0.15) is 5.75 Å². The number of carbonyl (C=O) groups is 1. The SMILES string of the molecule is Cc1c(O)cccc1C(=O)NC1CCCCC1C(C)C. The molecule has 0 heterocycles. The van der Waals surface area contributed by atoms with Crippen LogP contribution in [-0.4, -0.2) is 17.1 Å². The predicted molar refractivity (Wildman–Crippen MR) is 80.9 cm³/mol. The van der Waals surface area contributed by atoms with Crippen LogP contribution in [0.25, 0.3) is 0 Å². The Kier molecular flexibility index (Phi) is 4.69. The van der Waals surface area contributed by atoms with E-state index in [1.807, 2.05) is 0 Å². The van der Waals surface area contributed by atoms with Gasteiger partial charge in [-0.05, 0) is 43.7 Å². The first-order valence-electron chi connectivity index (χ1n) is 7.60. The minimum atomic E-state index is -0.0593. The first-order chi connectivity index (χ1) is 9.50. The number of carbonyl (C=O) groups excluding carboxylic acids is 1. The van der Waals surface area contributed by atoms with Gasteiger partial charge in [-0.15, -0.1) is 0 Å². The third-order valence-corrected chi connectivity index (χ3v) is 4.54. The number of hydrogen-bond acceptors (Lipinski definition) is 2. The van der Waals surface area contributed by atoms with Crippen molar-refractivity contribution in [3.8, 4) is 5.75 Å². The van der Waals surface area contributed by atoms with E-state index in [1.54, 1.807) is 25.1 Å². The Balaban J connectivity index is 2.12. The van der Waals surface area contributed by atoms with Crippen molar-refractivity contribution < 1.29 is 9.90 Å². The highest BCUT2D eigenvalue weighted by Crippen LogP contribution is 2.30. The highest BCUT2D eigenvalue weighted by Gasteiger charge is 2.29. The second-order valence-corrected chi connectivity index (χ2v) is 6.22. The summed E-state index contributed by atoms with van der Waals surface area (Å²) in [5.41, 5.74) is 1.24. The van der Waals surface area contributed by atoms with E-state index in [0.717, 1.165) is 6.42 Å². The lowest BCUT2D eigenvalue weighted by molar-refractivity contribution is 0.0888. The number of phenolic OH excluding ortho intramolecular Hbond substituents is 1. The number of benzene rings is 1. The smallest absolute Gasteiger partial charge is 0.251 e. The van der Waals surface area contributed by atoms with Crippen LogP contribution in [0.15, 0.2) is 18.2 Å². The van der Waals surface area contributed by atoms with Gasteiger partial charge in [-0.1, -0.05) is 32.8 Å². The second kappa shape index (κ2) is 6.29. The zero-order chi connectivity index (χ0) is 14.7. The average molecular weight is 275 g/mol. The molecule has 0 aromatic heterocycles. The van der Waals surface area contributed by atoms with Gasteiger partial charge in [0, 0.05) is 17.2 Å². The molecule has 3 nitrogen and oxygen atoms in total. The Morgan fingerprint density at radius 2 is 2.00 bits per heavy atom. The molecule has 0 spiro atoms. The maximum Gasteiger partial charge on any atom is 0.251 e. The Morgan fingerprint density at radius 1 is 1.30 bits per heavy atom. The van der Waals surface area contributed by atoms with E-state index in [1.165, 1.54) is 19.3 Å². The van der Waals surface area contributed by atoms with Crippen LogP contribution in [0, 0.1) is 18.8 Å². The van der Waals surface area contributed by atoms with Gasteiger partial charge in [0.2, 0.25) is 0 Å². The fourth-order valence-corrected chi connectivity index (χ4v) is 3.25. The Labute approximate surface area is 121 Å². The van der Waals surface area contributed by atoms with Crippen LogP contribution in [0.1, 0.15) is 55.5 Å². The largest absolute Gasteiger partial charge is 0.508 e. The van der Waals surface area contributed by atoms with Crippen LogP contribution in [-0.2, 0) is 0 Å². The van der Waals surface area contributed by atoms with Crippen molar-refractivity contribution in [2.45, 2.75) is 52.5 Å². The maximum atomic E-state index is 12.4. The molecule has 1 aromatic rings. The third kappa shape index (κ3) is 3.14. The second-order valence-electron chi connectivity index (χ2n) is 6.22. The summed E-state index contributed by atoms with van der Waals surface area (Å²) in [6.45, 7) is 6.24. The lowest BCUT2D eigenvalue weighted by Crippen LogP contribution is -2.44. The van der Waals surface area contributed by atoms with Crippen molar-refractivity contribution in [1.29, 1.82) is 0 Å². The highest BCUT2D eigenvalue weighted by atomic mass is 16.3. The molecule has 1 aliphatic carbocycles. The summed E-state index contributed by atoms with van der Waals surface area (Å²) < 4.78 is 0. The van der Waals surface area contributed by atoms with Crippen LogP contribution >= 0.6 is 0 Å². The number of nitrogens with one attached hydrogen (secondary N) is 1. The monoisotopic (exact) mass is 275 g/mol. The lowest BCUT2D eigenvalue weighted by Gasteiger charge is -2.35. The van der Waals surface area contributed by atoms with Crippen LogP contribution in [0.2, 0.25) is 0 Å². The molecular weight excluding hydrogens is 250 g/mol. The summed E-state index contributed by atoms with van der Waals surface area (Å²) in [7, 11) is 0. The van der Waals surface area contributed by atoms with Gasteiger partial charge in [-0.3, -0.25) is 4.79 Å². The van der Waals surface area contributed by atoms with Gasteiger partial charge >= 0.3 is 0 Å². The molecule has 3 heteroatoms. The molecule has 2 rings (SSSR count). The van der Waals surface area contributed by atoms with Crippen molar-refractivity contribution in [1.82, 2.24) is 5.32 Å². The van der Waals surface area contributed by atoms with E-state index in [4.69, 9.17) is 0 Å². The van der Waals surface area contributed by atoms with Crippen molar-refractivity contribution >= 4 is 5.91 Å². The summed E-state index contributed by atoms with van der Waals surface area (Å²) in [5.74, 6) is 1.27. The predicted octanol–water partition coefficient (Wildman–Crippen LogP) is 3.65. The molecule has 0 saturated heterocycles. The first kappa shape index (κ1) is 14.9. The normalized spacial score (nSPS) is 22.8. The van der Waals surface area contributed by atoms with E-state index in [-0.39, 0.29) is 17.7 Å². The van der Waals surface area contributed by atoms with E-state index in [9.17, 15) is 9.90 Å². The Hall–Kier alpha value is -1.51. The van der Waals surface area contributed by atoms with Crippen molar-refractivity contribution in [3.63, 3.8) is 0 Å². The van der Waals surface area contributed by atoms with Crippen molar-refractivity contribution in [2.75, 3.05) is 0 Å². The highest BCUT2D eigenvalue weighted by molar-refractivity contribution is 5.96. The van der Waals surface area contributed by atoms with Crippen LogP contribution in [0.3, 0.4) is 0 Å². The van der Waals surface area contributed by atoms with Crippen molar-refractivity contribution in [3.05, 3.63) is 29.3 Å². The van der Waals surface area contributed by atoms with E-state index < -0.39 is 0 Å². The molecule has 0 aliphatic heterocycles. The van der Waals surface area contributed by atoms with Gasteiger partial charge in [-0.25, -0.2) is 0 Å². The minimum absolute atomic E-state index is 0.0593.